The van der Waals surface area contributed by atoms with Crippen LogP contribution in [0.2, 0.25) is 0 Å². The van der Waals surface area contributed by atoms with Crippen LogP contribution in [0, 0.1) is 19.8 Å². The number of carbonyl (C=O) groups is 1. The van der Waals surface area contributed by atoms with Crippen molar-refractivity contribution in [2.45, 2.75) is 52.2 Å². The van der Waals surface area contributed by atoms with Crippen LogP contribution >= 0.6 is 0 Å². The predicted octanol–water partition coefficient (Wildman–Crippen LogP) is 1.17. The molecular formula is C14H23N3O2. The molecule has 2 N–H and O–H groups in total. The fraction of sp³-hybridized carbons (Fsp3) is 0.714. The number of nitrogens with one attached hydrogen (secondary N) is 1. The summed E-state index contributed by atoms with van der Waals surface area (Å²) in [5.74, 6) is 0.268. The molecule has 2 atom stereocenters. The highest BCUT2D eigenvalue weighted by Gasteiger charge is 2.25. The Morgan fingerprint density at radius 1 is 1.53 bits per heavy atom. The van der Waals surface area contributed by atoms with E-state index in [1.54, 1.807) is 0 Å². The third-order valence-electron chi connectivity index (χ3n) is 3.83. The van der Waals surface area contributed by atoms with Gasteiger partial charge < -0.3 is 10.4 Å². The number of hydrogen-bond donors (Lipinski definition) is 2. The highest BCUT2D eigenvalue weighted by atomic mass is 16.3. The molecule has 0 radical (unpaired) electrons. The largest absolute Gasteiger partial charge is 0.393 e. The van der Waals surface area contributed by atoms with Crippen LogP contribution in [0.15, 0.2) is 6.07 Å². The van der Waals surface area contributed by atoms with Crippen molar-refractivity contribution in [3.8, 4) is 0 Å². The minimum absolute atomic E-state index is 0.0339. The Bertz CT molecular complexity index is 442. The standard InChI is InChI=1S/C14H23N3O2/c1-10-8-11(2)17(16-10)7-6-14(19)15-9-12-4-3-5-13(12)18/h8,12-13,18H,3-7,9H2,1-2H3,(H,15,19). The molecule has 0 saturated heterocycles. The summed E-state index contributed by atoms with van der Waals surface area (Å²) < 4.78 is 1.86. The van der Waals surface area contributed by atoms with Crippen LogP contribution in [-0.2, 0) is 11.3 Å². The van der Waals surface area contributed by atoms with Crippen LogP contribution in [0.25, 0.3) is 0 Å². The third kappa shape index (κ3) is 3.80. The van der Waals surface area contributed by atoms with Gasteiger partial charge >= 0.3 is 0 Å². The zero-order valence-electron chi connectivity index (χ0n) is 11.7. The van der Waals surface area contributed by atoms with Crippen LogP contribution in [0.5, 0.6) is 0 Å². The van der Waals surface area contributed by atoms with E-state index in [1.807, 2.05) is 24.6 Å². The molecule has 1 aliphatic carbocycles. The van der Waals surface area contributed by atoms with Gasteiger partial charge in [0.1, 0.15) is 0 Å². The van der Waals surface area contributed by atoms with Gasteiger partial charge in [-0.15, -0.1) is 0 Å². The first kappa shape index (κ1) is 14.1. The van der Waals surface area contributed by atoms with Gasteiger partial charge in [0.25, 0.3) is 0 Å². The molecule has 0 bridgehead atoms. The topological polar surface area (TPSA) is 67.2 Å². The second-order valence-electron chi connectivity index (χ2n) is 5.46. The SMILES string of the molecule is Cc1cc(C)n(CCC(=O)NCC2CCCC2O)n1. The number of hydrogen-bond acceptors (Lipinski definition) is 3. The van der Waals surface area contributed by atoms with E-state index in [-0.39, 0.29) is 17.9 Å². The van der Waals surface area contributed by atoms with Gasteiger partial charge in [0, 0.05) is 31.1 Å². The summed E-state index contributed by atoms with van der Waals surface area (Å²) in [6, 6.07) is 2.01. The predicted molar refractivity (Wildman–Crippen MR) is 72.7 cm³/mol. The van der Waals surface area contributed by atoms with Crippen molar-refractivity contribution in [1.82, 2.24) is 15.1 Å². The number of aliphatic hydroxyl groups is 1. The number of nitrogens with zero attached hydrogens (tertiary/aromatic N) is 2. The quantitative estimate of drug-likeness (QED) is 0.839. The molecule has 1 heterocycles. The number of rotatable bonds is 5. The van der Waals surface area contributed by atoms with Crippen LogP contribution in [0.3, 0.4) is 0 Å². The average Bonchev–Trinajstić information content (AvgIpc) is 2.90. The molecule has 0 aromatic carbocycles. The van der Waals surface area contributed by atoms with Crippen LogP contribution < -0.4 is 5.32 Å². The lowest BCUT2D eigenvalue weighted by Crippen LogP contribution is -2.32. The van der Waals surface area contributed by atoms with Gasteiger partial charge in [-0.3, -0.25) is 9.48 Å². The lowest BCUT2D eigenvalue weighted by atomic mass is 10.1. The Labute approximate surface area is 114 Å². The molecule has 5 nitrogen and oxygen atoms in total. The minimum atomic E-state index is -0.240. The molecule has 1 saturated carbocycles. The van der Waals surface area contributed by atoms with E-state index in [1.165, 1.54) is 0 Å². The first-order chi connectivity index (χ1) is 9.06. The van der Waals surface area contributed by atoms with E-state index in [0.29, 0.717) is 19.5 Å². The normalized spacial score (nSPS) is 22.7. The number of aliphatic hydroxyl groups excluding tert-OH is 1. The van der Waals surface area contributed by atoms with E-state index in [2.05, 4.69) is 10.4 Å². The zero-order chi connectivity index (χ0) is 13.8. The number of carbonyl (C=O) groups excluding carboxylic acids is 1. The van der Waals surface area contributed by atoms with Crippen molar-refractivity contribution < 1.29 is 9.90 Å². The van der Waals surface area contributed by atoms with Gasteiger partial charge in [0.05, 0.1) is 11.8 Å². The number of aromatic nitrogens is 2. The summed E-state index contributed by atoms with van der Waals surface area (Å²) in [7, 11) is 0. The second-order valence-corrected chi connectivity index (χ2v) is 5.46. The Morgan fingerprint density at radius 3 is 2.89 bits per heavy atom. The van der Waals surface area contributed by atoms with Gasteiger partial charge in [-0.25, -0.2) is 0 Å². The maximum absolute atomic E-state index is 11.8. The molecule has 5 heteroatoms. The zero-order valence-corrected chi connectivity index (χ0v) is 11.7. The van der Waals surface area contributed by atoms with Crippen molar-refractivity contribution in [3.05, 3.63) is 17.5 Å². The molecule has 106 valence electrons. The smallest absolute Gasteiger partial charge is 0.221 e. The first-order valence-corrected chi connectivity index (χ1v) is 7.02. The minimum Gasteiger partial charge on any atom is -0.393 e. The molecule has 0 spiro atoms. The van der Waals surface area contributed by atoms with Gasteiger partial charge in [0.15, 0.2) is 0 Å². The second kappa shape index (κ2) is 6.19. The van der Waals surface area contributed by atoms with E-state index in [9.17, 15) is 9.90 Å². The van der Waals surface area contributed by atoms with Crippen molar-refractivity contribution in [2.24, 2.45) is 5.92 Å². The van der Waals surface area contributed by atoms with E-state index < -0.39 is 0 Å². The van der Waals surface area contributed by atoms with Crippen LogP contribution in [0.4, 0.5) is 0 Å². The van der Waals surface area contributed by atoms with Crippen molar-refractivity contribution in [1.29, 1.82) is 0 Å². The molecule has 19 heavy (non-hydrogen) atoms. The summed E-state index contributed by atoms with van der Waals surface area (Å²) in [6.45, 7) is 5.15. The maximum atomic E-state index is 11.8. The molecule has 0 aliphatic heterocycles. The summed E-state index contributed by atoms with van der Waals surface area (Å²) in [6.07, 6.45) is 3.14. The lowest BCUT2D eigenvalue weighted by molar-refractivity contribution is -0.121. The summed E-state index contributed by atoms with van der Waals surface area (Å²) >= 11 is 0. The lowest BCUT2D eigenvalue weighted by Gasteiger charge is -2.15. The molecule has 2 rings (SSSR count). The number of amides is 1. The maximum Gasteiger partial charge on any atom is 0.221 e. The Morgan fingerprint density at radius 2 is 2.32 bits per heavy atom. The first-order valence-electron chi connectivity index (χ1n) is 7.02. The fourth-order valence-electron chi connectivity index (χ4n) is 2.70. The Kier molecular flexibility index (Phi) is 4.58. The molecule has 1 amide bonds. The van der Waals surface area contributed by atoms with E-state index >= 15 is 0 Å². The number of aryl methyl sites for hydroxylation is 3. The van der Waals surface area contributed by atoms with Gasteiger partial charge in [-0.2, -0.15) is 5.10 Å². The summed E-state index contributed by atoms with van der Waals surface area (Å²) in [5.41, 5.74) is 2.06. The van der Waals surface area contributed by atoms with Crippen molar-refractivity contribution >= 4 is 5.91 Å². The molecular weight excluding hydrogens is 242 g/mol. The van der Waals surface area contributed by atoms with Crippen molar-refractivity contribution in [3.63, 3.8) is 0 Å². The van der Waals surface area contributed by atoms with Crippen LogP contribution in [-0.4, -0.2) is 33.4 Å². The average molecular weight is 265 g/mol. The molecule has 1 aliphatic rings. The fourth-order valence-corrected chi connectivity index (χ4v) is 2.70. The summed E-state index contributed by atoms with van der Waals surface area (Å²) in [4.78, 5) is 11.8. The Balaban J connectivity index is 1.71. The van der Waals surface area contributed by atoms with Gasteiger partial charge in [-0.1, -0.05) is 6.42 Å². The monoisotopic (exact) mass is 265 g/mol. The van der Waals surface area contributed by atoms with E-state index in [4.69, 9.17) is 0 Å². The highest BCUT2D eigenvalue weighted by Crippen LogP contribution is 2.24. The molecule has 1 fully saturated rings. The van der Waals surface area contributed by atoms with Gasteiger partial charge in [0.2, 0.25) is 5.91 Å². The Hall–Kier alpha value is -1.36. The van der Waals surface area contributed by atoms with Gasteiger partial charge in [-0.05, 0) is 32.8 Å². The molecule has 1 aromatic rings. The van der Waals surface area contributed by atoms with Crippen LogP contribution in [0.1, 0.15) is 37.1 Å². The third-order valence-corrected chi connectivity index (χ3v) is 3.83. The van der Waals surface area contributed by atoms with E-state index in [0.717, 1.165) is 30.7 Å². The highest BCUT2D eigenvalue weighted by molar-refractivity contribution is 5.75. The van der Waals surface area contributed by atoms with Crippen molar-refractivity contribution in [2.75, 3.05) is 6.54 Å². The summed E-state index contributed by atoms with van der Waals surface area (Å²) in [5, 5.41) is 16.9. The molecule has 2 unspecified atom stereocenters. The molecule has 1 aromatic heterocycles.